The van der Waals surface area contributed by atoms with E-state index in [4.69, 9.17) is 5.73 Å². The van der Waals surface area contributed by atoms with Gasteiger partial charge in [0.2, 0.25) is 0 Å². The highest BCUT2D eigenvalue weighted by Gasteiger charge is 2.14. The van der Waals surface area contributed by atoms with E-state index >= 15 is 0 Å². The van der Waals surface area contributed by atoms with Crippen LogP contribution in [0.4, 0.5) is 5.82 Å². The fourth-order valence-electron chi connectivity index (χ4n) is 1.28. The zero-order valence-electron chi connectivity index (χ0n) is 9.10. The fraction of sp³-hybridized carbons (Fsp3) is 0.500. The number of hydrogen-bond acceptors (Lipinski definition) is 4. The zero-order valence-corrected chi connectivity index (χ0v) is 9.10. The number of anilines is 1. The highest BCUT2D eigenvalue weighted by Crippen LogP contribution is 2.02. The summed E-state index contributed by atoms with van der Waals surface area (Å²) in [5, 5.41) is 0. The van der Waals surface area contributed by atoms with Crippen LogP contribution in [-0.2, 0) is 0 Å². The third kappa shape index (κ3) is 2.90. The highest BCUT2D eigenvalue weighted by molar-refractivity contribution is 5.92. The summed E-state index contributed by atoms with van der Waals surface area (Å²) >= 11 is 0. The largest absolute Gasteiger partial charge is 0.382 e. The van der Waals surface area contributed by atoms with Crippen molar-refractivity contribution in [3.05, 3.63) is 18.1 Å². The van der Waals surface area contributed by atoms with Crippen LogP contribution < -0.4 is 5.73 Å². The summed E-state index contributed by atoms with van der Waals surface area (Å²) in [6.45, 7) is 5.39. The summed E-state index contributed by atoms with van der Waals surface area (Å²) in [6, 6.07) is 0. The van der Waals surface area contributed by atoms with Crippen molar-refractivity contribution < 1.29 is 4.79 Å². The van der Waals surface area contributed by atoms with E-state index in [-0.39, 0.29) is 5.91 Å². The standard InChI is InChI=1S/C10H16N4O/c1-3-5-14(4-2)10(15)8-6-13-9(11)7-12-8/h6-7H,3-5H2,1-2H3,(H2,11,13). The maximum atomic E-state index is 11.9. The SMILES string of the molecule is CCCN(CC)C(=O)c1cnc(N)cn1. The third-order valence-corrected chi connectivity index (χ3v) is 2.05. The first-order valence-corrected chi connectivity index (χ1v) is 5.05. The maximum Gasteiger partial charge on any atom is 0.274 e. The van der Waals surface area contributed by atoms with Gasteiger partial charge in [0.25, 0.3) is 5.91 Å². The van der Waals surface area contributed by atoms with Crippen LogP contribution in [0.1, 0.15) is 30.8 Å². The van der Waals surface area contributed by atoms with Crippen molar-refractivity contribution in [3.63, 3.8) is 0 Å². The Labute approximate surface area is 89.3 Å². The van der Waals surface area contributed by atoms with E-state index in [0.717, 1.165) is 13.0 Å². The number of aromatic nitrogens is 2. The molecule has 0 aromatic carbocycles. The van der Waals surface area contributed by atoms with E-state index in [0.29, 0.717) is 18.1 Å². The molecule has 0 aliphatic carbocycles. The van der Waals surface area contributed by atoms with Crippen LogP contribution in [0, 0.1) is 0 Å². The van der Waals surface area contributed by atoms with Crippen molar-refractivity contribution in [3.8, 4) is 0 Å². The molecular weight excluding hydrogens is 192 g/mol. The van der Waals surface area contributed by atoms with Gasteiger partial charge >= 0.3 is 0 Å². The van der Waals surface area contributed by atoms with Crippen molar-refractivity contribution in [1.29, 1.82) is 0 Å². The summed E-state index contributed by atoms with van der Waals surface area (Å²) in [5.41, 5.74) is 5.74. The third-order valence-electron chi connectivity index (χ3n) is 2.05. The average Bonchev–Trinajstić information content (AvgIpc) is 2.26. The predicted octanol–water partition coefficient (Wildman–Crippen LogP) is 0.931. The predicted molar refractivity (Wildman–Crippen MR) is 58.3 cm³/mol. The second-order valence-corrected chi connectivity index (χ2v) is 3.21. The Kier molecular flexibility index (Phi) is 4.03. The summed E-state index contributed by atoms with van der Waals surface area (Å²) in [7, 11) is 0. The quantitative estimate of drug-likeness (QED) is 0.799. The van der Waals surface area contributed by atoms with Gasteiger partial charge in [0, 0.05) is 13.1 Å². The molecule has 5 heteroatoms. The molecule has 0 aliphatic rings. The molecule has 2 N–H and O–H groups in total. The number of amides is 1. The molecule has 0 radical (unpaired) electrons. The first-order valence-electron chi connectivity index (χ1n) is 5.05. The lowest BCUT2D eigenvalue weighted by Gasteiger charge is -2.19. The lowest BCUT2D eigenvalue weighted by molar-refractivity contribution is 0.0758. The smallest absolute Gasteiger partial charge is 0.274 e. The molecular formula is C10H16N4O. The van der Waals surface area contributed by atoms with Crippen LogP contribution >= 0.6 is 0 Å². The van der Waals surface area contributed by atoms with Crippen LogP contribution in [-0.4, -0.2) is 33.9 Å². The van der Waals surface area contributed by atoms with Crippen molar-refractivity contribution in [2.45, 2.75) is 20.3 Å². The highest BCUT2D eigenvalue weighted by atomic mass is 16.2. The van der Waals surface area contributed by atoms with Crippen LogP contribution in [0.2, 0.25) is 0 Å². The molecule has 1 aromatic rings. The van der Waals surface area contributed by atoms with Gasteiger partial charge in [-0.15, -0.1) is 0 Å². The van der Waals surface area contributed by atoms with Gasteiger partial charge in [-0.3, -0.25) is 4.79 Å². The first-order chi connectivity index (χ1) is 7.19. The number of nitrogen functional groups attached to an aromatic ring is 1. The van der Waals surface area contributed by atoms with Crippen LogP contribution in [0.3, 0.4) is 0 Å². The summed E-state index contributed by atoms with van der Waals surface area (Å²) in [6.07, 6.45) is 3.74. The normalized spacial score (nSPS) is 10.0. The van der Waals surface area contributed by atoms with Gasteiger partial charge in [0.15, 0.2) is 0 Å². The molecule has 15 heavy (non-hydrogen) atoms. The molecule has 0 saturated carbocycles. The first kappa shape index (κ1) is 11.4. The molecule has 82 valence electrons. The molecule has 0 fully saturated rings. The molecule has 1 aromatic heterocycles. The lowest BCUT2D eigenvalue weighted by atomic mass is 10.3. The monoisotopic (exact) mass is 208 g/mol. The number of hydrogen-bond donors (Lipinski definition) is 1. The fourth-order valence-corrected chi connectivity index (χ4v) is 1.28. The van der Waals surface area contributed by atoms with Crippen molar-refractivity contribution in [1.82, 2.24) is 14.9 Å². The Morgan fingerprint density at radius 1 is 1.40 bits per heavy atom. The average molecular weight is 208 g/mol. The number of carbonyl (C=O) groups excluding carboxylic acids is 1. The molecule has 0 atom stereocenters. The minimum Gasteiger partial charge on any atom is -0.382 e. The van der Waals surface area contributed by atoms with Crippen LogP contribution in [0.5, 0.6) is 0 Å². The molecule has 1 amide bonds. The topological polar surface area (TPSA) is 72.1 Å². The Morgan fingerprint density at radius 3 is 2.60 bits per heavy atom. The number of nitrogens with two attached hydrogens (primary N) is 1. The zero-order chi connectivity index (χ0) is 11.3. The van der Waals surface area contributed by atoms with Gasteiger partial charge in [0.05, 0.1) is 12.4 Å². The Morgan fingerprint density at radius 2 is 2.13 bits per heavy atom. The van der Waals surface area contributed by atoms with Gasteiger partial charge in [-0.2, -0.15) is 0 Å². The summed E-state index contributed by atoms with van der Waals surface area (Å²) < 4.78 is 0. The molecule has 0 unspecified atom stereocenters. The second-order valence-electron chi connectivity index (χ2n) is 3.21. The lowest BCUT2D eigenvalue weighted by Crippen LogP contribution is -2.32. The molecule has 1 heterocycles. The minimum atomic E-state index is -0.0909. The van der Waals surface area contributed by atoms with Crippen molar-refractivity contribution in [2.75, 3.05) is 18.8 Å². The summed E-state index contributed by atoms with van der Waals surface area (Å²) in [5.74, 6) is 0.233. The molecule has 1 rings (SSSR count). The van der Waals surface area contributed by atoms with Crippen LogP contribution in [0.25, 0.3) is 0 Å². The molecule has 0 bridgehead atoms. The number of nitrogens with zero attached hydrogens (tertiary/aromatic N) is 3. The van der Waals surface area contributed by atoms with E-state index in [1.807, 2.05) is 13.8 Å². The van der Waals surface area contributed by atoms with Crippen molar-refractivity contribution >= 4 is 11.7 Å². The van der Waals surface area contributed by atoms with Crippen molar-refractivity contribution in [2.24, 2.45) is 0 Å². The molecule has 0 saturated heterocycles. The van der Waals surface area contributed by atoms with Gasteiger partial charge in [-0.1, -0.05) is 6.92 Å². The molecule has 0 aliphatic heterocycles. The van der Waals surface area contributed by atoms with E-state index in [1.54, 1.807) is 4.90 Å². The second kappa shape index (κ2) is 5.29. The van der Waals surface area contributed by atoms with Gasteiger partial charge in [-0.25, -0.2) is 9.97 Å². The van der Waals surface area contributed by atoms with Crippen LogP contribution in [0.15, 0.2) is 12.4 Å². The van der Waals surface area contributed by atoms with Gasteiger partial charge in [0.1, 0.15) is 11.5 Å². The van der Waals surface area contributed by atoms with E-state index in [2.05, 4.69) is 9.97 Å². The molecule has 5 nitrogen and oxygen atoms in total. The Balaban J connectivity index is 2.78. The van der Waals surface area contributed by atoms with E-state index < -0.39 is 0 Å². The number of carbonyl (C=O) groups is 1. The molecule has 0 spiro atoms. The van der Waals surface area contributed by atoms with Gasteiger partial charge < -0.3 is 10.6 Å². The van der Waals surface area contributed by atoms with E-state index in [9.17, 15) is 4.79 Å². The maximum absolute atomic E-state index is 11.9. The van der Waals surface area contributed by atoms with Gasteiger partial charge in [-0.05, 0) is 13.3 Å². The van der Waals surface area contributed by atoms with E-state index in [1.165, 1.54) is 12.4 Å². The Bertz CT molecular complexity index is 323. The summed E-state index contributed by atoms with van der Waals surface area (Å²) in [4.78, 5) is 21.4. The minimum absolute atomic E-state index is 0.0909. The number of rotatable bonds is 4. The Hall–Kier alpha value is -1.65.